The summed E-state index contributed by atoms with van der Waals surface area (Å²) in [6, 6.07) is 11.8. The lowest BCUT2D eigenvalue weighted by molar-refractivity contribution is -0.144. The van der Waals surface area contributed by atoms with Gasteiger partial charge in [-0.05, 0) is 85.7 Å². The first kappa shape index (κ1) is 38.0. The molecule has 0 aliphatic carbocycles. The molecule has 8 heteroatoms. The fourth-order valence-corrected chi connectivity index (χ4v) is 8.04. The predicted octanol–water partition coefficient (Wildman–Crippen LogP) is 10.2. The zero-order chi connectivity index (χ0) is 35.0. The third kappa shape index (κ3) is 11.7. The molecular weight excluding hydrogens is 646 g/mol. The maximum atomic E-state index is 14.3. The molecular formula is C42H58FN3O3S. The van der Waals surface area contributed by atoms with E-state index in [9.17, 15) is 14.0 Å². The van der Waals surface area contributed by atoms with Crippen molar-refractivity contribution < 1.29 is 18.7 Å². The van der Waals surface area contributed by atoms with Gasteiger partial charge in [0.15, 0.2) is 6.73 Å². The molecule has 6 nitrogen and oxygen atoms in total. The Labute approximate surface area is 303 Å². The summed E-state index contributed by atoms with van der Waals surface area (Å²) in [6.45, 7) is 6.74. The lowest BCUT2D eigenvalue weighted by Gasteiger charge is -2.36. The van der Waals surface area contributed by atoms with E-state index in [-0.39, 0.29) is 24.4 Å². The van der Waals surface area contributed by atoms with E-state index in [1.165, 1.54) is 63.4 Å². The number of fused-ring (bicyclic) bond motifs is 2. The molecule has 2 aromatic carbocycles. The second-order valence-corrected chi connectivity index (χ2v) is 15.0. The van der Waals surface area contributed by atoms with Gasteiger partial charge in [-0.1, -0.05) is 82.6 Å². The number of halogens is 1. The van der Waals surface area contributed by atoms with E-state index in [1.54, 1.807) is 28.4 Å². The van der Waals surface area contributed by atoms with Crippen LogP contribution in [0, 0.1) is 5.82 Å². The molecule has 0 spiro atoms. The quantitative estimate of drug-likeness (QED) is 0.0628. The standard InChI is InChI=1S/C42H58FN3O3S/c1-2-3-4-5-6-7-8-9-10-11-12-13-14-15-16-17-42(48)49-33-46-38-30-34(18-19-35(38)20-21-41(46)47)22-24-44-25-27-45(28-26-44)39-31-36(43)32-40-37(39)23-29-50-40/h9-10,18-19,23,29-32H,2-8,11-17,20-22,24-28,33H2,1H3/b10-9-. The third-order valence-corrected chi connectivity index (χ3v) is 11.2. The Morgan fingerprint density at radius 2 is 1.56 bits per heavy atom. The zero-order valence-corrected chi connectivity index (χ0v) is 31.1. The highest BCUT2D eigenvalue weighted by atomic mass is 32.1. The number of allylic oxidation sites excluding steroid dienone is 2. The van der Waals surface area contributed by atoms with Crippen LogP contribution >= 0.6 is 11.3 Å². The summed E-state index contributed by atoms with van der Waals surface area (Å²) in [5.41, 5.74) is 4.18. The highest BCUT2D eigenvalue weighted by molar-refractivity contribution is 7.17. The van der Waals surface area contributed by atoms with Crippen LogP contribution in [0.15, 0.2) is 53.9 Å². The van der Waals surface area contributed by atoms with Gasteiger partial charge in [0.1, 0.15) is 5.82 Å². The molecule has 2 aliphatic rings. The first-order chi connectivity index (χ1) is 24.5. The van der Waals surface area contributed by atoms with Crippen molar-refractivity contribution in [3.05, 3.63) is 70.9 Å². The Morgan fingerprint density at radius 1 is 0.840 bits per heavy atom. The minimum absolute atomic E-state index is 0.0108. The topological polar surface area (TPSA) is 53.1 Å². The maximum absolute atomic E-state index is 14.3. The van der Waals surface area contributed by atoms with E-state index < -0.39 is 0 Å². The monoisotopic (exact) mass is 703 g/mol. The lowest BCUT2D eigenvalue weighted by atomic mass is 9.98. The van der Waals surface area contributed by atoms with Gasteiger partial charge in [0.05, 0.1) is 5.69 Å². The number of rotatable bonds is 21. The van der Waals surface area contributed by atoms with Gasteiger partial charge < -0.3 is 9.64 Å². The largest absolute Gasteiger partial charge is 0.444 e. The number of benzene rings is 2. The molecule has 0 atom stereocenters. The molecule has 272 valence electrons. The Morgan fingerprint density at radius 3 is 2.32 bits per heavy atom. The van der Waals surface area contributed by atoms with Crippen LogP contribution in [0.1, 0.15) is 114 Å². The van der Waals surface area contributed by atoms with Crippen LogP contribution in [0.3, 0.4) is 0 Å². The molecule has 0 saturated carbocycles. The van der Waals surface area contributed by atoms with Gasteiger partial charge in [-0.3, -0.25) is 19.4 Å². The molecule has 1 fully saturated rings. The highest BCUT2D eigenvalue weighted by Crippen LogP contribution is 2.33. The van der Waals surface area contributed by atoms with Gasteiger partial charge in [0.25, 0.3) is 0 Å². The minimum Gasteiger partial charge on any atom is -0.444 e. The third-order valence-electron chi connectivity index (χ3n) is 10.3. The van der Waals surface area contributed by atoms with Crippen molar-refractivity contribution in [1.29, 1.82) is 0 Å². The Hall–Kier alpha value is -3.23. The Bertz CT molecular complexity index is 1530. The van der Waals surface area contributed by atoms with Gasteiger partial charge >= 0.3 is 5.97 Å². The molecule has 0 radical (unpaired) electrons. The molecule has 50 heavy (non-hydrogen) atoms. The smallest absolute Gasteiger partial charge is 0.307 e. The number of nitrogens with zero attached hydrogens (tertiary/aromatic N) is 3. The molecule has 1 aromatic heterocycles. The Balaban J connectivity index is 0.969. The summed E-state index contributed by atoms with van der Waals surface area (Å²) < 4.78 is 20.9. The number of hydrogen-bond acceptors (Lipinski definition) is 6. The number of aryl methyl sites for hydroxylation is 1. The van der Waals surface area contributed by atoms with Crippen LogP contribution in [-0.2, 0) is 27.2 Å². The van der Waals surface area contributed by atoms with E-state index in [0.717, 1.165) is 91.9 Å². The molecule has 3 heterocycles. The summed E-state index contributed by atoms with van der Waals surface area (Å²) >= 11 is 1.58. The van der Waals surface area contributed by atoms with Gasteiger partial charge in [0.2, 0.25) is 5.91 Å². The fourth-order valence-electron chi connectivity index (χ4n) is 7.21. The molecule has 1 saturated heterocycles. The number of ether oxygens (including phenoxy) is 1. The first-order valence-corrected chi connectivity index (χ1v) is 20.3. The van der Waals surface area contributed by atoms with Crippen molar-refractivity contribution in [2.75, 3.05) is 49.3 Å². The summed E-state index contributed by atoms with van der Waals surface area (Å²) in [5.74, 6) is -0.391. The molecule has 0 N–H and O–H groups in total. The predicted molar refractivity (Wildman–Crippen MR) is 207 cm³/mol. The van der Waals surface area contributed by atoms with Crippen molar-refractivity contribution >= 4 is 44.7 Å². The van der Waals surface area contributed by atoms with Crippen LogP contribution in [0.25, 0.3) is 10.1 Å². The van der Waals surface area contributed by atoms with Crippen LogP contribution < -0.4 is 9.80 Å². The summed E-state index contributed by atoms with van der Waals surface area (Å²) in [5, 5.41) is 3.16. The molecule has 0 unspecified atom stereocenters. The first-order valence-electron chi connectivity index (χ1n) is 19.4. The number of carbonyl (C=O) groups excluding carboxylic acids is 2. The van der Waals surface area contributed by atoms with Crippen molar-refractivity contribution in [2.45, 2.75) is 116 Å². The average Bonchev–Trinajstić information content (AvgIpc) is 3.60. The Kier molecular flexibility index (Phi) is 15.6. The second kappa shape index (κ2) is 20.6. The van der Waals surface area contributed by atoms with Crippen molar-refractivity contribution in [3.8, 4) is 0 Å². The van der Waals surface area contributed by atoms with E-state index in [4.69, 9.17) is 4.74 Å². The normalized spacial score (nSPS) is 15.4. The summed E-state index contributed by atoms with van der Waals surface area (Å²) in [4.78, 5) is 31.9. The van der Waals surface area contributed by atoms with Crippen LogP contribution in [0.4, 0.5) is 15.8 Å². The van der Waals surface area contributed by atoms with Crippen LogP contribution in [-0.4, -0.2) is 56.2 Å². The average molecular weight is 704 g/mol. The summed E-state index contributed by atoms with van der Waals surface area (Å²) in [7, 11) is 0. The summed E-state index contributed by atoms with van der Waals surface area (Å²) in [6.07, 6.45) is 23.0. The highest BCUT2D eigenvalue weighted by Gasteiger charge is 2.26. The molecule has 5 rings (SSSR count). The number of unbranched alkanes of at least 4 members (excludes halogenated alkanes) is 11. The molecule has 3 aromatic rings. The van der Waals surface area contributed by atoms with E-state index in [0.29, 0.717) is 19.3 Å². The number of anilines is 2. The van der Waals surface area contributed by atoms with Crippen molar-refractivity contribution in [3.63, 3.8) is 0 Å². The van der Waals surface area contributed by atoms with E-state index in [1.807, 2.05) is 5.38 Å². The number of piperazine rings is 1. The second-order valence-electron chi connectivity index (χ2n) is 14.1. The molecule has 2 aliphatic heterocycles. The van der Waals surface area contributed by atoms with Gasteiger partial charge in [-0.2, -0.15) is 0 Å². The van der Waals surface area contributed by atoms with Crippen LogP contribution in [0.2, 0.25) is 0 Å². The SMILES string of the molecule is CCCCCCCC/C=C\CCCCCCCC(=O)OCN1C(=O)CCc2ccc(CCN3CCN(c4cc(F)cc5sccc45)CC3)cc21. The van der Waals surface area contributed by atoms with E-state index in [2.05, 4.69) is 53.1 Å². The zero-order valence-electron chi connectivity index (χ0n) is 30.3. The number of amides is 1. The molecule has 1 amide bonds. The maximum Gasteiger partial charge on any atom is 0.307 e. The number of carbonyl (C=O) groups is 2. The lowest BCUT2D eigenvalue weighted by Crippen LogP contribution is -2.47. The minimum atomic E-state index is -0.226. The van der Waals surface area contributed by atoms with E-state index >= 15 is 0 Å². The fraction of sp³-hybridized carbons (Fsp3) is 0.571. The van der Waals surface area contributed by atoms with Gasteiger partial charge in [0, 0.05) is 61.3 Å². The van der Waals surface area contributed by atoms with Crippen LogP contribution in [0.5, 0.6) is 0 Å². The van der Waals surface area contributed by atoms with Crippen molar-refractivity contribution in [1.82, 2.24) is 4.90 Å². The van der Waals surface area contributed by atoms with Gasteiger partial charge in [-0.25, -0.2) is 4.39 Å². The number of thiophene rings is 1. The number of esters is 1. The van der Waals surface area contributed by atoms with Gasteiger partial charge in [-0.15, -0.1) is 11.3 Å². The molecule has 0 bridgehead atoms. The number of hydrogen-bond donors (Lipinski definition) is 0. The van der Waals surface area contributed by atoms with Crippen molar-refractivity contribution in [2.24, 2.45) is 0 Å².